The third-order valence-electron chi connectivity index (χ3n) is 3.75. The van der Waals surface area contributed by atoms with Crippen LogP contribution in [0.3, 0.4) is 0 Å². The molecule has 2 aromatic carbocycles. The normalized spacial score (nSPS) is 10.2. The Labute approximate surface area is 152 Å². The summed E-state index contributed by atoms with van der Waals surface area (Å²) < 4.78 is 5.07. The van der Waals surface area contributed by atoms with Gasteiger partial charge in [0.15, 0.2) is 0 Å². The lowest BCUT2D eigenvalue weighted by molar-refractivity contribution is -0.129. The van der Waals surface area contributed by atoms with Gasteiger partial charge in [0.2, 0.25) is 5.91 Å². The van der Waals surface area contributed by atoms with Crippen LogP contribution in [0.5, 0.6) is 5.75 Å². The Morgan fingerprint density at radius 1 is 1.08 bits per heavy atom. The summed E-state index contributed by atoms with van der Waals surface area (Å²) >= 11 is 5.87. The third-order valence-corrected chi connectivity index (χ3v) is 4.00. The van der Waals surface area contributed by atoms with E-state index < -0.39 is 0 Å². The molecule has 0 radical (unpaired) electrons. The van der Waals surface area contributed by atoms with Crippen molar-refractivity contribution in [3.8, 4) is 5.75 Å². The fourth-order valence-electron chi connectivity index (χ4n) is 2.31. The van der Waals surface area contributed by atoms with E-state index in [1.54, 1.807) is 48.4 Å². The molecule has 0 heterocycles. The zero-order chi connectivity index (χ0) is 18.2. The molecule has 6 heteroatoms. The third kappa shape index (κ3) is 5.80. The van der Waals surface area contributed by atoms with E-state index in [9.17, 15) is 9.59 Å². The van der Waals surface area contributed by atoms with Crippen LogP contribution in [-0.4, -0.2) is 36.9 Å². The number of carbonyl (C=O) groups is 2. The summed E-state index contributed by atoms with van der Waals surface area (Å²) in [5.74, 6) is 0.466. The minimum absolute atomic E-state index is 0.0475. The summed E-state index contributed by atoms with van der Waals surface area (Å²) in [7, 11) is 1.58. The van der Waals surface area contributed by atoms with E-state index in [-0.39, 0.29) is 11.8 Å². The second-order valence-corrected chi connectivity index (χ2v) is 5.99. The number of rotatable bonds is 7. The molecule has 0 aliphatic carbocycles. The van der Waals surface area contributed by atoms with Gasteiger partial charge in [-0.25, -0.2) is 0 Å². The van der Waals surface area contributed by atoms with Crippen molar-refractivity contribution < 1.29 is 14.3 Å². The van der Waals surface area contributed by atoms with Crippen molar-refractivity contribution in [1.29, 1.82) is 0 Å². The number of nitrogens with one attached hydrogen (secondary N) is 1. The van der Waals surface area contributed by atoms with Crippen LogP contribution in [0.2, 0.25) is 5.02 Å². The fraction of sp³-hybridized carbons (Fsp3) is 0.263. The Balaban J connectivity index is 1.86. The van der Waals surface area contributed by atoms with Crippen molar-refractivity contribution in [3.05, 3.63) is 64.7 Å². The van der Waals surface area contributed by atoms with Gasteiger partial charge in [-0.05, 0) is 42.0 Å². The van der Waals surface area contributed by atoms with Gasteiger partial charge in [0.25, 0.3) is 5.91 Å². The quantitative estimate of drug-likeness (QED) is 0.825. The van der Waals surface area contributed by atoms with Crippen LogP contribution >= 0.6 is 11.6 Å². The van der Waals surface area contributed by atoms with Crippen LogP contribution in [-0.2, 0) is 11.3 Å². The number of hydrogen-bond acceptors (Lipinski definition) is 3. The molecule has 0 saturated heterocycles. The van der Waals surface area contributed by atoms with E-state index in [0.29, 0.717) is 36.0 Å². The predicted octanol–water partition coefficient (Wildman–Crippen LogP) is 3.13. The van der Waals surface area contributed by atoms with E-state index in [1.165, 1.54) is 6.92 Å². The molecule has 2 amide bonds. The number of halogens is 1. The first-order valence-electron chi connectivity index (χ1n) is 7.92. The summed E-state index contributed by atoms with van der Waals surface area (Å²) in [6.07, 6.45) is 0. The highest BCUT2D eigenvalue weighted by molar-refractivity contribution is 6.30. The van der Waals surface area contributed by atoms with Crippen molar-refractivity contribution in [1.82, 2.24) is 10.2 Å². The Kier molecular flexibility index (Phi) is 6.83. The second-order valence-electron chi connectivity index (χ2n) is 5.55. The van der Waals surface area contributed by atoms with E-state index in [0.717, 1.165) is 5.56 Å². The smallest absolute Gasteiger partial charge is 0.251 e. The molecule has 0 atom stereocenters. The fourth-order valence-corrected chi connectivity index (χ4v) is 2.43. The van der Waals surface area contributed by atoms with Crippen LogP contribution in [0.4, 0.5) is 0 Å². The summed E-state index contributed by atoms with van der Waals surface area (Å²) in [5, 5.41) is 3.48. The van der Waals surface area contributed by atoms with Crippen LogP contribution in [0.25, 0.3) is 0 Å². The monoisotopic (exact) mass is 360 g/mol. The summed E-state index contributed by atoms with van der Waals surface area (Å²) in [6.45, 7) is 2.80. The first kappa shape index (κ1) is 18.8. The average molecular weight is 361 g/mol. The molecule has 0 spiro atoms. The Hall–Kier alpha value is -2.53. The maximum absolute atomic E-state index is 12.1. The SMILES string of the molecule is COc1ccc(C(=O)NCCN(Cc2ccc(Cl)cc2)C(C)=O)cc1. The van der Waals surface area contributed by atoms with Crippen molar-refractivity contribution in [2.45, 2.75) is 13.5 Å². The van der Waals surface area contributed by atoms with Gasteiger partial charge < -0.3 is 15.0 Å². The van der Waals surface area contributed by atoms with Gasteiger partial charge >= 0.3 is 0 Å². The molecular formula is C19H21ClN2O3. The van der Waals surface area contributed by atoms with E-state index in [2.05, 4.69) is 5.32 Å². The Bertz CT molecular complexity index is 714. The first-order chi connectivity index (χ1) is 12.0. The highest BCUT2D eigenvalue weighted by Gasteiger charge is 2.11. The van der Waals surface area contributed by atoms with Crippen LogP contribution in [0, 0.1) is 0 Å². The molecule has 2 aromatic rings. The molecule has 5 nitrogen and oxygen atoms in total. The predicted molar refractivity (Wildman–Crippen MR) is 97.9 cm³/mol. The molecular weight excluding hydrogens is 340 g/mol. The zero-order valence-corrected chi connectivity index (χ0v) is 15.0. The van der Waals surface area contributed by atoms with Gasteiger partial charge in [0.1, 0.15) is 5.75 Å². The topological polar surface area (TPSA) is 58.6 Å². The number of carbonyl (C=O) groups excluding carboxylic acids is 2. The lowest BCUT2D eigenvalue weighted by Crippen LogP contribution is -2.37. The van der Waals surface area contributed by atoms with Crippen molar-refractivity contribution >= 4 is 23.4 Å². The Morgan fingerprint density at radius 3 is 2.28 bits per heavy atom. The number of amides is 2. The molecule has 0 saturated carbocycles. The summed E-state index contributed by atoms with van der Waals surface area (Å²) in [6, 6.07) is 14.2. The molecule has 0 aliphatic heterocycles. The standard InChI is InChI=1S/C19H21ClN2O3/c1-14(23)22(13-15-3-7-17(20)8-4-15)12-11-21-19(24)16-5-9-18(25-2)10-6-16/h3-10H,11-13H2,1-2H3,(H,21,24). The number of methoxy groups -OCH3 is 1. The van der Waals surface area contributed by atoms with Crippen LogP contribution in [0.1, 0.15) is 22.8 Å². The van der Waals surface area contributed by atoms with Gasteiger partial charge in [0, 0.05) is 37.1 Å². The minimum atomic E-state index is -0.183. The first-order valence-corrected chi connectivity index (χ1v) is 8.29. The number of ether oxygens (including phenoxy) is 1. The summed E-state index contributed by atoms with van der Waals surface area (Å²) in [4.78, 5) is 25.6. The van der Waals surface area contributed by atoms with Gasteiger partial charge in [-0.1, -0.05) is 23.7 Å². The van der Waals surface area contributed by atoms with Crippen molar-refractivity contribution in [2.75, 3.05) is 20.2 Å². The number of nitrogens with zero attached hydrogens (tertiary/aromatic N) is 1. The van der Waals surface area contributed by atoms with Crippen LogP contribution in [0.15, 0.2) is 48.5 Å². The van der Waals surface area contributed by atoms with Gasteiger partial charge in [-0.3, -0.25) is 9.59 Å². The highest BCUT2D eigenvalue weighted by Crippen LogP contribution is 2.12. The molecule has 0 aromatic heterocycles. The lowest BCUT2D eigenvalue weighted by Gasteiger charge is -2.21. The maximum Gasteiger partial charge on any atom is 0.251 e. The van der Waals surface area contributed by atoms with E-state index >= 15 is 0 Å². The van der Waals surface area contributed by atoms with Crippen LogP contribution < -0.4 is 10.1 Å². The second kappa shape index (κ2) is 9.08. The highest BCUT2D eigenvalue weighted by atomic mass is 35.5. The molecule has 0 unspecified atom stereocenters. The van der Waals surface area contributed by atoms with Crippen molar-refractivity contribution in [2.24, 2.45) is 0 Å². The lowest BCUT2D eigenvalue weighted by atomic mass is 10.2. The largest absolute Gasteiger partial charge is 0.497 e. The molecule has 1 N–H and O–H groups in total. The molecule has 132 valence electrons. The molecule has 0 bridgehead atoms. The molecule has 25 heavy (non-hydrogen) atoms. The molecule has 0 fully saturated rings. The van der Waals surface area contributed by atoms with Gasteiger partial charge in [-0.2, -0.15) is 0 Å². The Morgan fingerprint density at radius 2 is 1.72 bits per heavy atom. The average Bonchev–Trinajstić information content (AvgIpc) is 2.62. The number of benzene rings is 2. The number of hydrogen-bond donors (Lipinski definition) is 1. The van der Waals surface area contributed by atoms with Crippen molar-refractivity contribution in [3.63, 3.8) is 0 Å². The van der Waals surface area contributed by atoms with Gasteiger partial charge in [-0.15, -0.1) is 0 Å². The van der Waals surface area contributed by atoms with Gasteiger partial charge in [0.05, 0.1) is 7.11 Å². The maximum atomic E-state index is 12.1. The molecule has 0 aliphatic rings. The molecule has 2 rings (SSSR count). The minimum Gasteiger partial charge on any atom is -0.497 e. The summed E-state index contributed by atoms with van der Waals surface area (Å²) in [5.41, 5.74) is 1.54. The van der Waals surface area contributed by atoms with E-state index in [1.807, 2.05) is 12.1 Å². The van der Waals surface area contributed by atoms with E-state index in [4.69, 9.17) is 16.3 Å². The zero-order valence-electron chi connectivity index (χ0n) is 14.3.